The van der Waals surface area contributed by atoms with Gasteiger partial charge in [-0.25, -0.2) is 0 Å². The predicted molar refractivity (Wildman–Crippen MR) is 54.3 cm³/mol. The van der Waals surface area contributed by atoms with Gasteiger partial charge in [0.1, 0.15) is 0 Å². The molecule has 12 heavy (non-hydrogen) atoms. The average Bonchev–Trinajstić information content (AvgIpc) is 2.17. The Bertz CT molecular complexity index is 230. The summed E-state index contributed by atoms with van der Waals surface area (Å²) in [4.78, 5) is 0. The van der Waals surface area contributed by atoms with E-state index in [1.165, 1.54) is 5.56 Å². The van der Waals surface area contributed by atoms with Crippen molar-refractivity contribution in [1.82, 2.24) is 0 Å². The van der Waals surface area contributed by atoms with Crippen molar-refractivity contribution in [2.45, 2.75) is 18.8 Å². The van der Waals surface area contributed by atoms with E-state index in [1.807, 2.05) is 23.9 Å². The summed E-state index contributed by atoms with van der Waals surface area (Å²) in [5, 5.41) is 9.36. The smallest absolute Gasteiger partial charge is 0.0681 e. The van der Waals surface area contributed by atoms with Gasteiger partial charge < -0.3 is 5.11 Å². The van der Waals surface area contributed by atoms with Crippen LogP contribution in [0.4, 0.5) is 0 Å². The van der Waals surface area contributed by atoms with Crippen molar-refractivity contribution in [2.24, 2.45) is 0 Å². The molecule has 1 unspecified atom stereocenters. The monoisotopic (exact) mass is 182 g/mol. The Labute approximate surface area is 77.8 Å². The van der Waals surface area contributed by atoms with Gasteiger partial charge in [-0.05, 0) is 24.3 Å². The maximum atomic E-state index is 8.82. The highest BCUT2D eigenvalue weighted by atomic mass is 32.2. The van der Waals surface area contributed by atoms with Gasteiger partial charge in [0.25, 0.3) is 0 Å². The lowest BCUT2D eigenvalue weighted by molar-refractivity contribution is 0.282. The van der Waals surface area contributed by atoms with Gasteiger partial charge in [-0.2, -0.15) is 11.8 Å². The van der Waals surface area contributed by atoms with Crippen LogP contribution in [0.5, 0.6) is 0 Å². The molecule has 0 aliphatic rings. The minimum absolute atomic E-state index is 0.133. The number of hydrogen-bond acceptors (Lipinski definition) is 2. The molecule has 0 radical (unpaired) electrons. The van der Waals surface area contributed by atoms with Crippen LogP contribution in [-0.2, 0) is 6.61 Å². The molecular weight excluding hydrogens is 168 g/mol. The topological polar surface area (TPSA) is 20.2 Å². The lowest BCUT2D eigenvalue weighted by Gasteiger charge is -2.08. The van der Waals surface area contributed by atoms with Crippen LogP contribution in [0.25, 0.3) is 0 Å². The summed E-state index contributed by atoms with van der Waals surface area (Å²) in [6.07, 6.45) is 2.10. The molecule has 1 N–H and O–H groups in total. The minimum Gasteiger partial charge on any atom is -0.392 e. The Kier molecular flexibility index (Phi) is 3.63. The Morgan fingerprint density at radius 3 is 2.33 bits per heavy atom. The summed E-state index contributed by atoms with van der Waals surface area (Å²) in [7, 11) is 0. The second kappa shape index (κ2) is 4.53. The van der Waals surface area contributed by atoms with E-state index in [1.54, 1.807) is 0 Å². The lowest BCUT2D eigenvalue weighted by Crippen LogP contribution is -1.88. The molecule has 66 valence electrons. The van der Waals surface area contributed by atoms with Crippen LogP contribution in [0.3, 0.4) is 0 Å². The van der Waals surface area contributed by atoms with Crippen molar-refractivity contribution < 1.29 is 5.11 Å². The number of thioether (sulfide) groups is 1. The van der Waals surface area contributed by atoms with Crippen LogP contribution in [0.1, 0.15) is 23.3 Å². The van der Waals surface area contributed by atoms with Crippen LogP contribution in [0.2, 0.25) is 0 Å². The summed E-state index contributed by atoms with van der Waals surface area (Å²) >= 11 is 1.83. The number of aliphatic hydroxyl groups is 1. The number of aliphatic hydroxyl groups excluding tert-OH is 1. The largest absolute Gasteiger partial charge is 0.392 e. The second-order valence-corrected chi connectivity index (χ2v) is 3.96. The van der Waals surface area contributed by atoms with Crippen LogP contribution in [0, 0.1) is 0 Å². The van der Waals surface area contributed by atoms with E-state index >= 15 is 0 Å². The maximum absolute atomic E-state index is 8.82. The number of benzene rings is 1. The highest BCUT2D eigenvalue weighted by Crippen LogP contribution is 2.25. The van der Waals surface area contributed by atoms with Crippen LogP contribution in [-0.4, -0.2) is 11.4 Å². The van der Waals surface area contributed by atoms with Gasteiger partial charge in [-0.15, -0.1) is 0 Å². The maximum Gasteiger partial charge on any atom is 0.0681 e. The molecule has 1 rings (SSSR count). The van der Waals surface area contributed by atoms with E-state index in [2.05, 4.69) is 25.3 Å². The van der Waals surface area contributed by atoms with Gasteiger partial charge in [-0.3, -0.25) is 0 Å². The molecule has 0 amide bonds. The molecule has 0 spiro atoms. The molecule has 1 nitrogen and oxygen atoms in total. The zero-order valence-corrected chi connectivity index (χ0v) is 8.27. The van der Waals surface area contributed by atoms with Crippen LogP contribution >= 0.6 is 11.8 Å². The number of hydrogen-bond donors (Lipinski definition) is 1. The average molecular weight is 182 g/mol. The number of rotatable bonds is 3. The second-order valence-electron chi connectivity index (χ2n) is 2.78. The Morgan fingerprint density at radius 2 is 1.92 bits per heavy atom. The van der Waals surface area contributed by atoms with Crippen molar-refractivity contribution in [3.05, 3.63) is 35.4 Å². The van der Waals surface area contributed by atoms with Crippen LogP contribution in [0.15, 0.2) is 24.3 Å². The van der Waals surface area contributed by atoms with Gasteiger partial charge in [-0.1, -0.05) is 24.3 Å². The van der Waals surface area contributed by atoms with Crippen molar-refractivity contribution in [1.29, 1.82) is 0 Å². The molecule has 2 heteroatoms. The lowest BCUT2D eigenvalue weighted by atomic mass is 10.1. The minimum atomic E-state index is 0.133. The third-order valence-corrected chi connectivity index (χ3v) is 2.96. The Balaban J connectivity index is 2.77. The molecule has 0 saturated carbocycles. The zero-order valence-electron chi connectivity index (χ0n) is 7.45. The van der Waals surface area contributed by atoms with Gasteiger partial charge >= 0.3 is 0 Å². The first kappa shape index (κ1) is 9.62. The van der Waals surface area contributed by atoms with E-state index in [-0.39, 0.29) is 6.61 Å². The first-order chi connectivity index (χ1) is 5.77. The fourth-order valence-corrected chi connectivity index (χ4v) is 1.46. The van der Waals surface area contributed by atoms with Crippen molar-refractivity contribution >= 4 is 11.8 Å². The molecule has 1 aromatic rings. The summed E-state index contributed by atoms with van der Waals surface area (Å²) in [6, 6.07) is 8.10. The van der Waals surface area contributed by atoms with Gasteiger partial charge in [0.15, 0.2) is 0 Å². The third kappa shape index (κ3) is 2.26. The van der Waals surface area contributed by atoms with Crippen LogP contribution < -0.4 is 0 Å². The molecule has 1 atom stereocenters. The molecule has 0 aliphatic carbocycles. The van der Waals surface area contributed by atoms with Crippen molar-refractivity contribution in [3.63, 3.8) is 0 Å². The Hall–Kier alpha value is -0.470. The van der Waals surface area contributed by atoms with E-state index in [0.717, 1.165) is 5.56 Å². The fourth-order valence-electron chi connectivity index (χ4n) is 1.03. The molecule has 0 fully saturated rings. The highest BCUT2D eigenvalue weighted by molar-refractivity contribution is 7.98. The molecule has 0 aliphatic heterocycles. The van der Waals surface area contributed by atoms with Gasteiger partial charge in [0, 0.05) is 5.25 Å². The first-order valence-corrected chi connectivity index (χ1v) is 5.29. The molecule has 1 aromatic carbocycles. The summed E-state index contributed by atoms with van der Waals surface area (Å²) in [5.74, 6) is 0. The van der Waals surface area contributed by atoms with Crippen molar-refractivity contribution in [2.75, 3.05) is 6.26 Å². The van der Waals surface area contributed by atoms with E-state index in [0.29, 0.717) is 5.25 Å². The molecule has 0 saturated heterocycles. The molecule has 0 heterocycles. The Morgan fingerprint density at radius 1 is 1.33 bits per heavy atom. The van der Waals surface area contributed by atoms with E-state index in [4.69, 9.17) is 5.11 Å². The highest BCUT2D eigenvalue weighted by Gasteiger charge is 2.01. The molecular formula is C10H14OS. The third-order valence-electron chi connectivity index (χ3n) is 1.99. The quantitative estimate of drug-likeness (QED) is 0.775. The summed E-state index contributed by atoms with van der Waals surface area (Å²) in [6.45, 7) is 2.31. The predicted octanol–water partition coefficient (Wildman–Crippen LogP) is 2.60. The van der Waals surface area contributed by atoms with Gasteiger partial charge in [0.05, 0.1) is 6.61 Å². The standard InChI is InChI=1S/C10H14OS/c1-8(12-2)10-5-3-9(7-11)4-6-10/h3-6,8,11H,7H2,1-2H3. The van der Waals surface area contributed by atoms with Gasteiger partial charge in [0.2, 0.25) is 0 Å². The molecule has 0 aromatic heterocycles. The van der Waals surface area contributed by atoms with Crippen molar-refractivity contribution in [3.8, 4) is 0 Å². The zero-order chi connectivity index (χ0) is 8.97. The first-order valence-electron chi connectivity index (χ1n) is 4.00. The van der Waals surface area contributed by atoms with E-state index in [9.17, 15) is 0 Å². The SMILES string of the molecule is CSC(C)c1ccc(CO)cc1. The molecule has 0 bridgehead atoms. The van der Waals surface area contributed by atoms with E-state index < -0.39 is 0 Å². The summed E-state index contributed by atoms with van der Waals surface area (Å²) < 4.78 is 0. The fraction of sp³-hybridized carbons (Fsp3) is 0.400. The normalized spacial score (nSPS) is 12.9. The summed E-state index contributed by atoms with van der Waals surface area (Å²) in [5.41, 5.74) is 2.30.